The molecule has 0 aliphatic heterocycles. The molecule has 0 aliphatic rings. The number of carbonyl (C=O) groups excluding carboxylic acids is 6. The summed E-state index contributed by atoms with van der Waals surface area (Å²) in [5.41, 5.74) is 18.1. The van der Waals surface area contributed by atoms with Gasteiger partial charge in [0.05, 0.1) is 12.4 Å². The van der Waals surface area contributed by atoms with Crippen LogP contribution in [0, 0.1) is 0 Å². The molecule has 2 rings (SSSR count). The first-order chi connectivity index (χ1) is 25.9. The lowest BCUT2D eigenvalue weighted by molar-refractivity contribution is -0.162. The standard InChI is InChI=1S/C34H51N9O11S/c1-4-22(36)34(51)54-33(50)19(2)40-29(45)24(12-8-9-13-35)41-30(46)25(14-20-10-6-5-7-11-20)43-31(47)26(15-21-17-38-18-39-21)42-28(44)23(37)16-27(32(48)49)55(3,52)53/h5-7,10-11,17-19,22-27H,4,8-9,12-16,35-37H2,1-3H3,(H,38,39)(H,40,45)(H,41,46)(H,42,44)(H,43,47)(H,48,49)/t19-,22?,23-,24+,25-,26-,27?/m0/s1. The molecule has 1 aromatic heterocycles. The van der Waals surface area contributed by atoms with Gasteiger partial charge in [0.25, 0.3) is 0 Å². The van der Waals surface area contributed by atoms with Crippen molar-refractivity contribution in [1.29, 1.82) is 0 Å². The van der Waals surface area contributed by atoms with Crippen LogP contribution in [0.3, 0.4) is 0 Å². The molecule has 304 valence electrons. The van der Waals surface area contributed by atoms with E-state index in [1.54, 1.807) is 37.3 Å². The summed E-state index contributed by atoms with van der Waals surface area (Å²) in [4.78, 5) is 97.2. The number of imidazole rings is 1. The number of carboxylic acids is 1. The fraction of sp³-hybridized carbons (Fsp3) is 0.529. The van der Waals surface area contributed by atoms with Crippen molar-refractivity contribution in [2.24, 2.45) is 17.2 Å². The Labute approximate surface area is 318 Å². The average Bonchev–Trinajstić information content (AvgIpc) is 3.65. The van der Waals surface area contributed by atoms with E-state index in [4.69, 9.17) is 21.9 Å². The number of nitrogens with zero attached hydrogens (tertiary/aromatic N) is 1. The highest BCUT2D eigenvalue weighted by Gasteiger charge is 2.35. The van der Waals surface area contributed by atoms with Crippen LogP contribution in [-0.4, -0.2) is 119 Å². The fourth-order valence-corrected chi connectivity index (χ4v) is 5.99. The number of rotatable bonds is 23. The number of carbonyl (C=O) groups is 7. The van der Waals surface area contributed by atoms with Crippen LogP contribution in [0.4, 0.5) is 0 Å². The minimum atomic E-state index is -4.15. The Morgan fingerprint density at radius 3 is 1.96 bits per heavy atom. The van der Waals surface area contributed by atoms with Gasteiger partial charge in [0.2, 0.25) is 23.6 Å². The molecule has 7 atom stereocenters. The third-order valence-corrected chi connectivity index (χ3v) is 9.79. The Morgan fingerprint density at radius 2 is 1.42 bits per heavy atom. The maximum Gasteiger partial charge on any atom is 0.336 e. The van der Waals surface area contributed by atoms with Gasteiger partial charge in [-0.3, -0.25) is 24.0 Å². The maximum atomic E-state index is 13.9. The summed E-state index contributed by atoms with van der Waals surface area (Å²) in [5, 5.41) is 17.5. The molecule has 0 radical (unpaired) electrons. The van der Waals surface area contributed by atoms with E-state index in [1.807, 2.05) is 0 Å². The monoisotopic (exact) mass is 793 g/mol. The predicted molar refractivity (Wildman–Crippen MR) is 197 cm³/mol. The number of benzene rings is 1. The lowest BCUT2D eigenvalue weighted by Gasteiger charge is -2.26. The van der Waals surface area contributed by atoms with Crippen LogP contribution in [0.2, 0.25) is 0 Å². The van der Waals surface area contributed by atoms with Gasteiger partial charge in [-0.05, 0) is 51.1 Å². The molecule has 1 aromatic carbocycles. The third-order valence-electron chi connectivity index (χ3n) is 8.36. The summed E-state index contributed by atoms with van der Waals surface area (Å²) in [6.45, 7) is 3.19. The second-order valence-corrected chi connectivity index (χ2v) is 15.2. The molecule has 21 heteroatoms. The van der Waals surface area contributed by atoms with Crippen LogP contribution in [0.1, 0.15) is 57.2 Å². The molecule has 2 unspecified atom stereocenters. The number of esters is 2. The summed E-state index contributed by atoms with van der Waals surface area (Å²) < 4.78 is 28.8. The van der Waals surface area contributed by atoms with E-state index in [9.17, 15) is 47.1 Å². The van der Waals surface area contributed by atoms with Gasteiger partial charge >= 0.3 is 17.9 Å². The van der Waals surface area contributed by atoms with E-state index in [0.29, 0.717) is 30.4 Å². The molecule has 0 saturated carbocycles. The van der Waals surface area contributed by atoms with E-state index in [1.165, 1.54) is 19.4 Å². The Kier molecular flexibility index (Phi) is 18.5. The van der Waals surface area contributed by atoms with Gasteiger partial charge in [0, 0.05) is 31.0 Å². The van der Waals surface area contributed by atoms with Gasteiger partial charge in [-0.15, -0.1) is 0 Å². The number of nitrogens with two attached hydrogens (primary N) is 3. The molecule has 4 amide bonds. The second-order valence-electron chi connectivity index (χ2n) is 12.9. The molecule has 2 aromatic rings. The number of nitrogens with one attached hydrogen (secondary N) is 5. The van der Waals surface area contributed by atoms with E-state index in [-0.39, 0.29) is 32.2 Å². The lowest BCUT2D eigenvalue weighted by Crippen LogP contribution is -2.59. The molecular weight excluding hydrogens is 742 g/mol. The van der Waals surface area contributed by atoms with Crippen molar-refractivity contribution in [3.8, 4) is 0 Å². The van der Waals surface area contributed by atoms with Gasteiger partial charge < -0.3 is 53.3 Å². The van der Waals surface area contributed by atoms with Crippen LogP contribution >= 0.6 is 0 Å². The van der Waals surface area contributed by atoms with Crippen molar-refractivity contribution in [2.45, 2.75) is 100 Å². The minimum Gasteiger partial charge on any atom is -0.480 e. The molecule has 0 aliphatic carbocycles. The zero-order chi connectivity index (χ0) is 41.3. The van der Waals surface area contributed by atoms with E-state index in [0.717, 1.165) is 0 Å². The summed E-state index contributed by atoms with van der Waals surface area (Å²) in [6.07, 6.45) is 3.46. The number of aromatic nitrogens is 2. The number of hydrogen-bond acceptors (Lipinski definition) is 14. The normalized spacial score (nSPS) is 15.2. The number of carboxylic acid groups (broad SMARTS) is 1. The van der Waals surface area contributed by atoms with Crippen LogP contribution in [0.25, 0.3) is 0 Å². The van der Waals surface area contributed by atoms with E-state index in [2.05, 4.69) is 31.2 Å². The molecule has 12 N–H and O–H groups in total. The summed E-state index contributed by atoms with van der Waals surface area (Å²) in [7, 11) is -4.15. The Morgan fingerprint density at radius 1 is 0.836 bits per heavy atom. The van der Waals surface area contributed by atoms with Crippen molar-refractivity contribution in [2.75, 3.05) is 12.8 Å². The van der Waals surface area contributed by atoms with Crippen molar-refractivity contribution >= 4 is 51.4 Å². The second kappa shape index (κ2) is 22.2. The fourth-order valence-electron chi connectivity index (χ4n) is 5.07. The van der Waals surface area contributed by atoms with Crippen LogP contribution in [0.15, 0.2) is 42.9 Å². The smallest absolute Gasteiger partial charge is 0.336 e. The zero-order valence-electron chi connectivity index (χ0n) is 30.9. The van der Waals surface area contributed by atoms with E-state index >= 15 is 0 Å². The molecule has 1 heterocycles. The molecule has 20 nitrogen and oxygen atoms in total. The zero-order valence-corrected chi connectivity index (χ0v) is 31.7. The first-order valence-electron chi connectivity index (χ1n) is 17.5. The molecule has 0 spiro atoms. The predicted octanol–water partition coefficient (Wildman–Crippen LogP) is -2.69. The first-order valence-corrected chi connectivity index (χ1v) is 19.4. The topological polar surface area (TPSA) is 338 Å². The van der Waals surface area contributed by atoms with Gasteiger partial charge in [-0.2, -0.15) is 0 Å². The number of sulfone groups is 1. The number of hydrogen-bond donors (Lipinski definition) is 9. The van der Waals surface area contributed by atoms with Gasteiger partial charge in [0.15, 0.2) is 15.1 Å². The summed E-state index contributed by atoms with van der Waals surface area (Å²) in [5.74, 6) is -7.28. The highest BCUT2D eigenvalue weighted by atomic mass is 32.2. The van der Waals surface area contributed by atoms with E-state index < -0.39 is 99.3 Å². The molecule has 0 bridgehead atoms. The Balaban J connectivity index is 2.36. The molecule has 0 fully saturated rings. The number of aromatic amines is 1. The largest absolute Gasteiger partial charge is 0.480 e. The number of aliphatic carboxylic acids is 1. The molecule has 55 heavy (non-hydrogen) atoms. The van der Waals surface area contributed by atoms with Crippen molar-refractivity contribution in [3.63, 3.8) is 0 Å². The molecular formula is C34H51N9O11S. The summed E-state index contributed by atoms with van der Waals surface area (Å²) >= 11 is 0. The minimum absolute atomic E-state index is 0.0728. The Bertz CT molecular complexity index is 1730. The van der Waals surface area contributed by atoms with Crippen LogP contribution < -0.4 is 38.5 Å². The third kappa shape index (κ3) is 15.6. The Hall–Kier alpha value is -5.25. The van der Waals surface area contributed by atoms with Crippen molar-refractivity contribution < 1.29 is 51.8 Å². The van der Waals surface area contributed by atoms with Gasteiger partial charge in [0.1, 0.15) is 30.2 Å². The molecule has 0 saturated heterocycles. The highest BCUT2D eigenvalue weighted by Crippen LogP contribution is 2.11. The first kappa shape index (κ1) is 45.9. The maximum absolute atomic E-state index is 13.9. The van der Waals surface area contributed by atoms with Crippen LogP contribution in [-0.2, 0) is 61.0 Å². The van der Waals surface area contributed by atoms with Gasteiger partial charge in [-0.25, -0.2) is 23.0 Å². The van der Waals surface area contributed by atoms with Crippen LogP contribution in [0.5, 0.6) is 0 Å². The lowest BCUT2D eigenvalue weighted by atomic mass is 10.0. The number of H-pyrrole nitrogens is 1. The number of unbranched alkanes of at least 4 members (excludes halogenated alkanes) is 1. The SMILES string of the molecule is CCC(N)C(=O)OC(=O)[C@H](C)NC(=O)[C@@H](CCCCN)NC(=O)[C@H](Cc1ccccc1)NC(=O)[C@H](Cc1cnc[nH]1)NC(=O)[C@@H](N)CC(C(=O)O)S(C)(=O)=O. The van der Waals surface area contributed by atoms with Crippen molar-refractivity contribution in [1.82, 2.24) is 31.2 Å². The number of amides is 4. The number of ether oxygens (including phenoxy) is 1. The highest BCUT2D eigenvalue weighted by molar-refractivity contribution is 7.92. The quantitative estimate of drug-likeness (QED) is 0.0314. The average molecular weight is 794 g/mol. The van der Waals surface area contributed by atoms with Gasteiger partial charge in [-0.1, -0.05) is 37.3 Å². The summed E-state index contributed by atoms with van der Waals surface area (Å²) in [6, 6.07) is 0.491. The van der Waals surface area contributed by atoms with Crippen molar-refractivity contribution in [3.05, 3.63) is 54.1 Å².